The van der Waals surface area contributed by atoms with Crippen molar-refractivity contribution in [2.45, 2.75) is 76.7 Å². The zero-order valence-electron chi connectivity index (χ0n) is 22.5. The van der Waals surface area contributed by atoms with E-state index in [1.54, 1.807) is 18.2 Å². The van der Waals surface area contributed by atoms with Crippen LogP contribution in [0.5, 0.6) is 0 Å². The predicted octanol–water partition coefficient (Wildman–Crippen LogP) is 5.31. The number of nitrogens with zero attached hydrogens (tertiary/aromatic N) is 3. The van der Waals surface area contributed by atoms with E-state index in [4.69, 9.17) is 0 Å². The first-order valence-corrected chi connectivity index (χ1v) is 14.4. The van der Waals surface area contributed by atoms with Crippen molar-refractivity contribution in [3.63, 3.8) is 0 Å². The Morgan fingerprint density at radius 1 is 1.11 bits per heavy atom. The van der Waals surface area contributed by atoms with E-state index in [1.807, 2.05) is 4.90 Å². The fraction of sp³-hybridized carbons (Fsp3) is 0.667. The molecule has 1 aromatic carbocycles. The number of carboxylic acids is 1. The van der Waals surface area contributed by atoms with Crippen molar-refractivity contribution < 1.29 is 19.6 Å². The minimum atomic E-state index is -0.594. The maximum atomic E-state index is 13.1. The molecule has 1 saturated heterocycles. The Morgan fingerprint density at radius 3 is 2.42 bits per heavy atom. The number of benzene rings is 1. The first kappa shape index (κ1) is 28.3. The molecule has 3 fully saturated rings. The van der Waals surface area contributed by atoms with Gasteiger partial charge in [0.15, 0.2) is 0 Å². The molecule has 3 atom stereocenters. The van der Waals surface area contributed by atoms with Crippen LogP contribution in [-0.2, 0) is 16.0 Å². The summed E-state index contributed by atoms with van der Waals surface area (Å²) in [4.78, 5) is 40.0. The molecule has 38 heavy (non-hydrogen) atoms. The highest BCUT2D eigenvalue weighted by atomic mass is 16.6. The van der Waals surface area contributed by atoms with E-state index < -0.39 is 10.9 Å². The number of aliphatic carboxylic acids is 1. The minimum absolute atomic E-state index is 0.0591. The van der Waals surface area contributed by atoms with Crippen LogP contribution in [0.4, 0.5) is 5.69 Å². The summed E-state index contributed by atoms with van der Waals surface area (Å²) in [5, 5.41) is 20.7. The van der Waals surface area contributed by atoms with Crippen molar-refractivity contribution in [1.29, 1.82) is 0 Å². The molecule has 8 heteroatoms. The third-order valence-electron chi connectivity index (χ3n) is 8.93. The van der Waals surface area contributed by atoms with Crippen molar-refractivity contribution in [2.75, 3.05) is 26.2 Å². The fourth-order valence-electron chi connectivity index (χ4n) is 6.62. The van der Waals surface area contributed by atoms with Crippen LogP contribution < -0.4 is 0 Å². The van der Waals surface area contributed by atoms with E-state index in [-0.39, 0.29) is 23.6 Å². The van der Waals surface area contributed by atoms with Crippen LogP contribution in [0.15, 0.2) is 36.9 Å². The Balaban J connectivity index is 1.24. The molecule has 0 spiro atoms. The first-order chi connectivity index (χ1) is 18.3. The second-order valence-corrected chi connectivity index (χ2v) is 11.7. The maximum Gasteiger partial charge on any atom is 0.306 e. The standard InChI is InChI=1S/C30H43N3O5/c1-2-16-32(29(34)13-10-22-8-11-27(12-9-22)33(37)38)26-14-17-31(18-15-26)21-24-4-3-5-25(19-24)28(30(35)36)20-23-6-7-23/h2,8-9,11-12,23-26,28H,1,3-7,10,13-21H2,(H,35,36)/t24-,25?,28?/m1/s1. The number of nitro groups is 1. The predicted molar refractivity (Wildman–Crippen MR) is 147 cm³/mol. The lowest BCUT2D eigenvalue weighted by Crippen LogP contribution is -2.48. The number of amides is 1. The van der Waals surface area contributed by atoms with Crippen LogP contribution in [0, 0.1) is 33.8 Å². The molecule has 8 nitrogen and oxygen atoms in total. The molecule has 2 aliphatic carbocycles. The highest BCUT2D eigenvalue weighted by Gasteiger charge is 2.37. The van der Waals surface area contributed by atoms with E-state index in [0.717, 1.165) is 63.7 Å². The van der Waals surface area contributed by atoms with Crippen molar-refractivity contribution in [3.8, 4) is 0 Å². The number of nitro benzene ring substituents is 1. The van der Waals surface area contributed by atoms with Crippen molar-refractivity contribution in [1.82, 2.24) is 9.80 Å². The molecule has 2 saturated carbocycles. The number of rotatable bonds is 13. The Bertz CT molecular complexity index is 969. The summed E-state index contributed by atoms with van der Waals surface area (Å²) < 4.78 is 0. The molecule has 1 heterocycles. The van der Waals surface area contributed by atoms with Crippen LogP contribution in [0.2, 0.25) is 0 Å². The summed E-state index contributed by atoms with van der Waals surface area (Å²) in [6.07, 6.45) is 12.3. The largest absolute Gasteiger partial charge is 0.481 e. The number of aryl methyl sites for hydroxylation is 1. The van der Waals surface area contributed by atoms with Crippen LogP contribution >= 0.6 is 0 Å². The van der Waals surface area contributed by atoms with E-state index in [0.29, 0.717) is 37.1 Å². The lowest BCUT2D eigenvalue weighted by molar-refractivity contribution is -0.384. The van der Waals surface area contributed by atoms with Gasteiger partial charge < -0.3 is 14.9 Å². The van der Waals surface area contributed by atoms with E-state index in [1.165, 1.54) is 31.4 Å². The molecule has 1 amide bonds. The van der Waals surface area contributed by atoms with Gasteiger partial charge in [0.05, 0.1) is 10.8 Å². The summed E-state index contributed by atoms with van der Waals surface area (Å²) in [5.74, 6) is 0.877. The Morgan fingerprint density at radius 2 is 1.82 bits per heavy atom. The van der Waals surface area contributed by atoms with Gasteiger partial charge in [-0.15, -0.1) is 6.58 Å². The molecule has 0 aromatic heterocycles. The molecule has 1 aliphatic heterocycles. The molecule has 1 N–H and O–H groups in total. The lowest BCUT2D eigenvalue weighted by Gasteiger charge is -2.41. The molecule has 3 aliphatic rings. The summed E-state index contributed by atoms with van der Waals surface area (Å²) in [5.41, 5.74) is 0.981. The Hall–Kier alpha value is -2.74. The number of hydrogen-bond acceptors (Lipinski definition) is 5. The van der Waals surface area contributed by atoms with Gasteiger partial charge in [-0.3, -0.25) is 19.7 Å². The van der Waals surface area contributed by atoms with Gasteiger partial charge in [0, 0.05) is 50.8 Å². The summed E-state index contributed by atoms with van der Waals surface area (Å²) in [7, 11) is 0. The molecular weight excluding hydrogens is 482 g/mol. The summed E-state index contributed by atoms with van der Waals surface area (Å²) >= 11 is 0. The van der Waals surface area contributed by atoms with Gasteiger partial charge in [0.1, 0.15) is 0 Å². The zero-order chi connectivity index (χ0) is 27.1. The number of carboxylic acid groups (broad SMARTS) is 1. The second-order valence-electron chi connectivity index (χ2n) is 11.7. The van der Waals surface area contributed by atoms with Gasteiger partial charge in [0.2, 0.25) is 5.91 Å². The van der Waals surface area contributed by atoms with Crippen molar-refractivity contribution >= 4 is 17.6 Å². The SMILES string of the molecule is C=CCN(C(=O)CCc1ccc([N+](=O)[O-])cc1)C1CCN(C[C@@H]2CCCC(C(CC3CC3)C(=O)O)C2)CC1. The first-order valence-electron chi connectivity index (χ1n) is 14.4. The van der Waals surface area contributed by atoms with Gasteiger partial charge in [0.25, 0.3) is 5.69 Å². The molecule has 0 radical (unpaired) electrons. The smallest absolute Gasteiger partial charge is 0.306 e. The van der Waals surface area contributed by atoms with Crippen LogP contribution in [0.3, 0.4) is 0 Å². The number of non-ortho nitro benzene ring substituents is 1. The van der Waals surface area contributed by atoms with E-state index >= 15 is 0 Å². The lowest BCUT2D eigenvalue weighted by atomic mass is 9.73. The topological polar surface area (TPSA) is 104 Å². The molecular formula is C30H43N3O5. The van der Waals surface area contributed by atoms with Crippen LogP contribution in [0.1, 0.15) is 69.8 Å². The van der Waals surface area contributed by atoms with Gasteiger partial charge >= 0.3 is 5.97 Å². The zero-order valence-corrected chi connectivity index (χ0v) is 22.5. The van der Waals surface area contributed by atoms with E-state index in [2.05, 4.69) is 11.5 Å². The van der Waals surface area contributed by atoms with Crippen molar-refractivity contribution in [3.05, 3.63) is 52.6 Å². The quantitative estimate of drug-likeness (QED) is 0.213. The summed E-state index contributed by atoms with van der Waals surface area (Å²) in [6, 6.07) is 6.62. The third-order valence-corrected chi connectivity index (χ3v) is 8.93. The van der Waals surface area contributed by atoms with E-state index in [9.17, 15) is 24.8 Å². The summed E-state index contributed by atoms with van der Waals surface area (Å²) in [6.45, 7) is 7.35. The highest BCUT2D eigenvalue weighted by molar-refractivity contribution is 5.77. The Kier molecular flexibility index (Phi) is 9.94. The molecule has 4 rings (SSSR count). The number of carbonyl (C=O) groups excluding carboxylic acids is 1. The van der Waals surface area contributed by atoms with Gasteiger partial charge in [-0.1, -0.05) is 37.5 Å². The van der Waals surface area contributed by atoms with Crippen LogP contribution in [-0.4, -0.2) is 63.9 Å². The number of hydrogen-bond donors (Lipinski definition) is 1. The fourth-order valence-corrected chi connectivity index (χ4v) is 6.62. The second kappa shape index (κ2) is 13.4. The minimum Gasteiger partial charge on any atom is -0.481 e. The molecule has 1 aromatic rings. The Labute approximate surface area is 226 Å². The average Bonchev–Trinajstić information content (AvgIpc) is 3.74. The van der Waals surface area contributed by atoms with Crippen LogP contribution in [0.25, 0.3) is 0 Å². The molecule has 0 bridgehead atoms. The number of piperidine rings is 1. The molecule has 208 valence electrons. The third kappa shape index (κ3) is 7.88. The average molecular weight is 526 g/mol. The molecule has 2 unspecified atom stereocenters. The van der Waals surface area contributed by atoms with Crippen molar-refractivity contribution in [2.24, 2.45) is 23.7 Å². The highest BCUT2D eigenvalue weighted by Crippen LogP contribution is 2.42. The van der Waals surface area contributed by atoms with Gasteiger partial charge in [-0.25, -0.2) is 0 Å². The maximum absolute atomic E-state index is 13.1. The number of likely N-dealkylation sites (tertiary alicyclic amines) is 1. The number of carbonyl (C=O) groups is 2. The van der Waals surface area contributed by atoms with Gasteiger partial charge in [-0.05, 0) is 68.3 Å². The normalized spacial score (nSPS) is 23.5. The van der Waals surface area contributed by atoms with Gasteiger partial charge in [-0.2, -0.15) is 0 Å². The monoisotopic (exact) mass is 525 g/mol.